The number of aliphatic imine (C=N–C) groups is 1. The molecule has 0 radical (unpaired) electrons. The van der Waals surface area contributed by atoms with Gasteiger partial charge >= 0.3 is 0 Å². The predicted octanol–water partition coefficient (Wildman–Crippen LogP) is 5.64. The molecule has 0 aliphatic carbocycles. The molecule has 10 nitrogen and oxygen atoms in total. The molecule has 45 heavy (non-hydrogen) atoms. The van der Waals surface area contributed by atoms with Gasteiger partial charge in [0.05, 0.1) is 23.7 Å². The summed E-state index contributed by atoms with van der Waals surface area (Å²) in [6.45, 7) is 15.6. The van der Waals surface area contributed by atoms with Gasteiger partial charge in [0.25, 0.3) is 15.9 Å². The van der Waals surface area contributed by atoms with Gasteiger partial charge in [-0.15, -0.1) is 0 Å². The van der Waals surface area contributed by atoms with Crippen LogP contribution in [-0.4, -0.2) is 54.7 Å². The standard InChI is InChI=1S/C34H45N7O3S/c1-21-18-26(30-22(2)23(10-9-16-35)15-17-36-30)37-28-11-8-12-29(39-28)45(43,44)40-32(42)25-13-14-27(33(3,4)5)38-31(25)41-20-24(21)19-34(41,6)7/h8,11-15,17,21-22,24,26,30H,9-10,18-20H2,1-7H3,(H,37,39)(H,40,42)/t21-,22?,24-,26?,30?/m0/s1. The monoisotopic (exact) mass is 631 g/mol. The van der Waals surface area contributed by atoms with Crippen molar-refractivity contribution in [1.82, 2.24) is 14.7 Å². The molecule has 0 saturated carbocycles. The van der Waals surface area contributed by atoms with Gasteiger partial charge in [-0.05, 0) is 75.3 Å². The number of nitrogens with zero attached hydrogens (tertiary/aromatic N) is 5. The Bertz CT molecular complexity index is 1670. The second kappa shape index (κ2) is 12.2. The lowest BCUT2D eigenvalue weighted by Crippen LogP contribution is -2.41. The third-order valence-electron chi connectivity index (χ3n) is 9.62. The van der Waals surface area contributed by atoms with Crippen molar-refractivity contribution in [2.24, 2.45) is 22.7 Å². The van der Waals surface area contributed by atoms with E-state index in [1.165, 1.54) is 11.6 Å². The van der Waals surface area contributed by atoms with E-state index in [0.717, 1.165) is 18.5 Å². The average molecular weight is 632 g/mol. The van der Waals surface area contributed by atoms with Crippen LogP contribution in [0.15, 0.2) is 52.0 Å². The van der Waals surface area contributed by atoms with Crippen molar-refractivity contribution in [3.05, 3.63) is 53.2 Å². The highest BCUT2D eigenvalue weighted by Gasteiger charge is 2.44. The average Bonchev–Trinajstić information content (AvgIpc) is 3.30. The van der Waals surface area contributed by atoms with Gasteiger partial charge in [0.1, 0.15) is 11.6 Å². The maximum absolute atomic E-state index is 13.7. The van der Waals surface area contributed by atoms with Gasteiger partial charge in [-0.3, -0.25) is 9.79 Å². The minimum Gasteiger partial charge on any atom is -0.365 e. The summed E-state index contributed by atoms with van der Waals surface area (Å²) in [5.74, 6) is 0.787. The smallest absolute Gasteiger partial charge is 0.281 e. The van der Waals surface area contributed by atoms with Crippen LogP contribution >= 0.6 is 0 Å². The molecule has 5 atom stereocenters. The number of carbonyl (C=O) groups excluding carboxylic acids is 1. The zero-order valence-electron chi connectivity index (χ0n) is 27.3. The van der Waals surface area contributed by atoms with E-state index in [9.17, 15) is 18.5 Å². The van der Waals surface area contributed by atoms with Gasteiger partial charge < -0.3 is 10.2 Å². The van der Waals surface area contributed by atoms with E-state index in [0.29, 0.717) is 31.0 Å². The molecule has 11 heteroatoms. The topological polar surface area (TPSA) is 140 Å². The number of sulfonamides is 1. The highest BCUT2D eigenvalue weighted by molar-refractivity contribution is 7.90. The zero-order chi connectivity index (χ0) is 32.7. The number of nitrogens with one attached hydrogen (secondary N) is 2. The van der Waals surface area contributed by atoms with E-state index in [4.69, 9.17) is 9.98 Å². The molecule has 1 amide bonds. The Morgan fingerprint density at radius 1 is 1.13 bits per heavy atom. The first-order valence-electron chi connectivity index (χ1n) is 15.8. The minimum absolute atomic E-state index is 0.0877. The molecule has 1 saturated heterocycles. The first-order valence-corrected chi connectivity index (χ1v) is 17.3. The van der Waals surface area contributed by atoms with E-state index in [1.54, 1.807) is 24.3 Å². The van der Waals surface area contributed by atoms with Crippen molar-refractivity contribution < 1.29 is 13.2 Å². The molecule has 3 aliphatic heterocycles. The van der Waals surface area contributed by atoms with Gasteiger partial charge in [0.15, 0.2) is 5.03 Å². The molecule has 3 aliphatic rings. The Hall–Kier alpha value is -3.78. The van der Waals surface area contributed by atoms with E-state index < -0.39 is 15.9 Å². The van der Waals surface area contributed by atoms with Gasteiger partial charge in [-0.1, -0.05) is 46.3 Å². The van der Waals surface area contributed by atoms with Crippen molar-refractivity contribution in [2.75, 3.05) is 16.8 Å². The largest absolute Gasteiger partial charge is 0.365 e. The Morgan fingerprint density at radius 2 is 1.89 bits per heavy atom. The molecule has 4 bridgehead atoms. The van der Waals surface area contributed by atoms with E-state index in [2.05, 4.69) is 74.5 Å². The van der Waals surface area contributed by atoms with Gasteiger partial charge in [0, 0.05) is 41.7 Å². The summed E-state index contributed by atoms with van der Waals surface area (Å²) >= 11 is 0. The molecular weight excluding hydrogens is 586 g/mol. The van der Waals surface area contributed by atoms with E-state index >= 15 is 0 Å². The number of hydrogen-bond donors (Lipinski definition) is 2. The maximum Gasteiger partial charge on any atom is 0.281 e. The molecule has 0 spiro atoms. The van der Waals surface area contributed by atoms with Crippen LogP contribution in [-0.2, 0) is 15.4 Å². The number of anilines is 2. The van der Waals surface area contributed by atoms with Crippen LogP contribution in [0.4, 0.5) is 11.6 Å². The van der Waals surface area contributed by atoms with Crippen LogP contribution in [0.2, 0.25) is 0 Å². The van der Waals surface area contributed by atoms with Crippen molar-refractivity contribution in [2.45, 2.75) is 102 Å². The van der Waals surface area contributed by atoms with Crippen LogP contribution in [0.25, 0.3) is 0 Å². The second-order valence-electron chi connectivity index (χ2n) is 14.4. The van der Waals surface area contributed by atoms with Crippen LogP contribution in [0.3, 0.4) is 0 Å². The highest BCUT2D eigenvalue weighted by atomic mass is 32.2. The fourth-order valence-corrected chi connectivity index (χ4v) is 7.88. The third kappa shape index (κ3) is 6.76. The molecule has 5 heterocycles. The Labute approximate surface area is 267 Å². The van der Waals surface area contributed by atoms with Crippen LogP contribution in [0.1, 0.15) is 90.2 Å². The molecule has 2 aromatic heterocycles. The summed E-state index contributed by atoms with van der Waals surface area (Å²) in [6, 6.07) is 10.2. The number of allylic oxidation sites excluding steroid dienone is 1. The van der Waals surface area contributed by atoms with Gasteiger partial charge in [-0.2, -0.15) is 13.7 Å². The van der Waals surface area contributed by atoms with Gasteiger partial charge in [0.2, 0.25) is 0 Å². The summed E-state index contributed by atoms with van der Waals surface area (Å²) in [7, 11) is -4.30. The van der Waals surface area contributed by atoms with E-state index in [1.807, 2.05) is 12.3 Å². The molecule has 2 aromatic rings. The summed E-state index contributed by atoms with van der Waals surface area (Å²) < 4.78 is 29.4. The summed E-state index contributed by atoms with van der Waals surface area (Å²) in [5, 5.41) is 12.5. The first-order chi connectivity index (χ1) is 21.1. The first kappa shape index (κ1) is 32.6. The SMILES string of the molecule is CC1C(CCC#N)=CC=NC1C1C[C@H](C)[C@@H]2CN(c3nc(C(C)(C)C)ccc3C(=O)NS(=O)(=O)c3cccc(n3)N1)C(C)(C)C2. The lowest BCUT2D eigenvalue weighted by atomic mass is 9.78. The summed E-state index contributed by atoms with van der Waals surface area (Å²) in [4.78, 5) is 30.3. The van der Waals surface area contributed by atoms with Gasteiger partial charge in [-0.25, -0.2) is 14.7 Å². The van der Waals surface area contributed by atoms with Crippen LogP contribution in [0, 0.1) is 29.1 Å². The number of nitriles is 1. The fraction of sp³-hybridized carbons (Fsp3) is 0.559. The maximum atomic E-state index is 13.7. The number of rotatable bonds is 3. The number of amides is 1. The van der Waals surface area contributed by atoms with Crippen LogP contribution < -0.4 is 14.9 Å². The quantitative estimate of drug-likeness (QED) is 0.444. The molecule has 3 unspecified atom stereocenters. The molecule has 1 fully saturated rings. The number of pyridine rings is 2. The number of dihydropyridines is 1. The zero-order valence-corrected chi connectivity index (χ0v) is 28.1. The molecule has 240 valence electrons. The predicted molar refractivity (Wildman–Crippen MR) is 177 cm³/mol. The number of fused-ring (bicyclic) bond motifs is 6. The van der Waals surface area contributed by atoms with Crippen molar-refractivity contribution in [3.8, 4) is 6.07 Å². The normalized spacial score (nSPS) is 27.6. The summed E-state index contributed by atoms with van der Waals surface area (Å²) in [5.41, 5.74) is 1.62. The third-order valence-corrected chi connectivity index (χ3v) is 10.9. The lowest BCUT2D eigenvalue weighted by molar-refractivity contribution is 0.0981. The fourth-order valence-electron chi connectivity index (χ4n) is 6.94. The second-order valence-corrected chi connectivity index (χ2v) is 16.1. The number of carbonyl (C=O) groups is 1. The minimum atomic E-state index is -4.30. The number of hydrogen-bond acceptors (Lipinski definition) is 9. The highest BCUT2D eigenvalue weighted by Crippen LogP contribution is 2.43. The lowest BCUT2D eigenvalue weighted by Gasteiger charge is -2.35. The Balaban J connectivity index is 1.61. The Morgan fingerprint density at radius 3 is 2.60 bits per heavy atom. The Kier molecular flexibility index (Phi) is 8.84. The molecular formula is C34H45N7O3S. The summed E-state index contributed by atoms with van der Waals surface area (Å²) in [6.07, 6.45) is 6.62. The van der Waals surface area contributed by atoms with Crippen molar-refractivity contribution >= 4 is 33.8 Å². The molecule has 5 rings (SSSR count). The molecule has 0 aromatic carbocycles. The van der Waals surface area contributed by atoms with Crippen molar-refractivity contribution in [3.63, 3.8) is 0 Å². The van der Waals surface area contributed by atoms with Crippen molar-refractivity contribution in [1.29, 1.82) is 5.26 Å². The number of aromatic nitrogens is 2. The van der Waals surface area contributed by atoms with Crippen LogP contribution in [0.5, 0.6) is 0 Å². The van der Waals surface area contributed by atoms with E-state index in [-0.39, 0.29) is 51.4 Å². The molecule has 2 N–H and O–H groups in total.